The summed E-state index contributed by atoms with van der Waals surface area (Å²) in [5.41, 5.74) is 0.938. The quantitative estimate of drug-likeness (QED) is 0.868. The van der Waals surface area contributed by atoms with Crippen molar-refractivity contribution >= 4 is 5.91 Å². The number of aliphatic hydroxyl groups is 2. The van der Waals surface area contributed by atoms with E-state index in [0.29, 0.717) is 31.5 Å². The average molecular weight is 353 g/mol. The van der Waals surface area contributed by atoms with Crippen LogP contribution in [0.5, 0.6) is 0 Å². The molecular formula is C22H27NO3. The third kappa shape index (κ3) is 4.32. The Morgan fingerprint density at radius 2 is 1.77 bits per heavy atom. The van der Waals surface area contributed by atoms with Gasteiger partial charge in [-0.05, 0) is 56.4 Å². The number of aryl methyl sites for hydroxylation is 1. The lowest BCUT2D eigenvalue weighted by Crippen LogP contribution is -2.34. The summed E-state index contributed by atoms with van der Waals surface area (Å²) in [6.07, 6.45) is 2.00. The second-order valence-corrected chi connectivity index (χ2v) is 7.88. The first kappa shape index (κ1) is 18.6. The Kier molecular flexibility index (Phi) is 5.17. The summed E-state index contributed by atoms with van der Waals surface area (Å²) in [6.45, 7) is 4.46. The lowest BCUT2D eigenvalue weighted by Gasteiger charge is -2.24. The van der Waals surface area contributed by atoms with Gasteiger partial charge in [-0.15, -0.1) is 0 Å². The highest BCUT2D eigenvalue weighted by molar-refractivity contribution is 5.94. The second kappa shape index (κ2) is 7.22. The summed E-state index contributed by atoms with van der Waals surface area (Å²) >= 11 is 0. The molecule has 1 fully saturated rings. The van der Waals surface area contributed by atoms with Crippen molar-refractivity contribution in [1.82, 2.24) is 4.90 Å². The van der Waals surface area contributed by atoms with Crippen LogP contribution in [-0.4, -0.2) is 39.7 Å². The van der Waals surface area contributed by atoms with Gasteiger partial charge in [-0.25, -0.2) is 0 Å². The maximum absolute atomic E-state index is 12.8. The van der Waals surface area contributed by atoms with E-state index in [0.717, 1.165) is 17.5 Å². The predicted molar refractivity (Wildman–Crippen MR) is 102 cm³/mol. The Morgan fingerprint density at radius 1 is 1.12 bits per heavy atom. The molecule has 26 heavy (non-hydrogen) atoms. The van der Waals surface area contributed by atoms with E-state index in [9.17, 15) is 15.0 Å². The molecule has 1 aliphatic rings. The van der Waals surface area contributed by atoms with E-state index < -0.39 is 11.2 Å². The molecule has 1 saturated heterocycles. The van der Waals surface area contributed by atoms with Gasteiger partial charge in [0.15, 0.2) is 0 Å². The van der Waals surface area contributed by atoms with Crippen molar-refractivity contribution in [3.05, 3.63) is 71.3 Å². The van der Waals surface area contributed by atoms with Crippen LogP contribution in [0.15, 0.2) is 54.6 Å². The Bertz CT molecular complexity index is 749. The fraction of sp³-hybridized carbons (Fsp3) is 0.409. The molecule has 3 rings (SSSR count). The fourth-order valence-corrected chi connectivity index (χ4v) is 3.40. The molecule has 2 N–H and O–H groups in total. The molecule has 1 amide bonds. The lowest BCUT2D eigenvalue weighted by molar-refractivity contribution is 0.0417. The first-order valence-electron chi connectivity index (χ1n) is 9.15. The number of carbonyl (C=O) groups excluding carboxylic acids is 1. The molecule has 1 atom stereocenters. The Balaban J connectivity index is 1.65. The number of hydrogen-bond donors (Lipinski definition) is 2. The van der Waals surface area contributed by atoms with Gasteiger partial charge in [-0.1, -0.05) is 42.5 Å². The Hall–Kier alpha value is -2.17. The molecule has 1 aliphatic heterocycles. The first-order chi connectivity index (χ1) is 12.3. The number of amides is 1. The zero-order chi connectivity index (χ0) is 18.8. The zero-order valence-electron chi connectivity index (χ0n) is 15.5. The largest absolute Gasteiger partial charge is 0.390 e. The number of β-amino-alcohol motifs (C(OH)–C–C–N with tert-alkyl or cyclic N) is 1. The van der Waals surface area contributed by atoms with Crippen molar-refractivity contribution < 1.29 is 15.0 Å². The van der Waals surface area contributed by atoms with Crippen molar-refractivity contribution in [1.29, 1.82) is 0 Å². The van der Waals surface area contributed by atoms with Crippen LogP contribution in [0.2, 0.25) is 0 Å². The number of nitrogens with zero attached hydrogens (tertiary/aromatic N) is 1. The van der Waals surface area contributed by atoms with Crippen LogP contribution < -0.4 is 0 Å². The minimum absolute atomic E-state index is 0.0501. The summed E-state index contributed by atoms with van der Waals surface area (Å²) in [7, 11) is 0. The molecule has 0 unspecified atom stereocenters. The first-order valence-corrected chi connectivity index (χ1v) is 9.15. The maximum Gasteiger partial charge on any atom is 0.253 e. The van der Waals surface area contributed by atoms with Gasteiger partial charge in [0.2, 0.25) is 0 Å². The average Bonchev–Trinajstić information content (AvgIpc) is 3.04. The lowest BCUT2D eigenvalue weighted by atomic mass is 9.93. The van der Waals surface area contributed by atoms with Crippen LogP contribution in [0.3, 0.4) is 0 Å². The van der Waals surface area contributed by atoms with Crippen LogP contribution in [0.1, 0.15) is 48.2 Å². The molecule has 0 spiro atoms. The van der Waals surface area contributed by atoms with Crippen LogP contribution in [0.4, 0.5) is 0 Å². The smallest absolute Gasteiger partial charge is 0.253 e. The van der Waals surface area contributed by atoms with Crippen molar-refractivity contribution in [2.75, 3.05) is 13.1 Å². The van der Waals surface area contributed by atoms with E-state index in [1.54, 1.807) is 18.7 Å². The van der Waals surface area contributed by atoms with Crippen molar-refractivity contribution in [3.63, 3.8) is 0 Å². The minimum Gasteiger partial charge on any atom is -0.390 e. The molecule has 2 aromatic carbocycles. The number of carbonyl (C=O) groups is 1. The second-order valence-electron chi connectivity index (χ2n) is 7.88. The number of rotatable bonds is 5. The highest BCUT2D eigenvalue weighted by Gasteiger charge is 2.39. The third-order valence-corrected chi connectivity index (χ3v) is 5.07. The minimum atomic E-state index is -0.969. The van der Waals surface area contributed by atoms with Gasteiger partial charge in [0, 0.05) is 12.1 Å². The Labute approximate surface area is 155 Å². The Morgan fingerprint density at radius 3 is 2.38 bits per heavy atom. The molecule has 0 radical (unpaired) electrons. The van der Waals surface area contributed by atoms with E-state index in [-0.39, 0.29) is 5.91 Å². The van der Waals surface area contributed by atoms with Gasteiger partial charge in [0.1, 0.15) is 5.60 Å². The molecule has 138 valence electrons. The van der Waals surface area contributed by atoms with E-state index >= 15 is 0 Å². The van der Waals surface area contributed by atoms with E-state index in [4.69, 9.17) is 0 Å². The topological polar surface area (TPSA) is 60.8 Å². The molecule has 0 aromatic heterocycles. The van der Waals surface area contributed by atoms with Crippen LogP contribution in [-0.2, 0) is 12.0 Å². The van der Waals surface area contributed by atoms with E-state index in [1.807, 2.05) is 54.6 Å². The summed E-state index contributed by atoms with van der Waals surface area (Å²) in [4.78, 5) is 14.5. The van der Waals surface area contributed by atoms with Gasteiger partial charge < -0.3 is 15.1 Å². The summed E-state index contributed by atoms with van der Waals surface area (Å²) < 4.78 is 0. The monoisotopic (exact) mass is 353 g/mol. The maximum atomic E-state index is 12.8. The van der Waals surface area contributed by atoms with Crippen molar-refractivity contribution in [2.45, 2.75) is 44.3 Å². The molecule has 0 aliphatic carbocycles. The molecule has 1 heterocycles. The standard InChI is InChI=1S/C22H27NO3/c1-21(2,25)13-12-17-8-10-18(11-9-17)20(24)23-15-14-22(26,16-23)19-6-4-3-5-7-19/h3-11,25-26H,12-16H2,1-2H3/t22-/m0/s1. The van der Waals surface area contributed by atoms with Gasteiger partial charge in [-0.2, -0.15) is 0 Å². The van der Waals surface area contributed by atoms with Crippen LogP contribution >= 0.6 is 0 Å². The van der Waals surface area contributed by atoms with Gasteiger partial charge in [-0.3, -0.25) is 4.79 Å². The summed E-state index contributed by atoms with van der Waals surface area (Å²) in [6, 6.07) is 17.1. The molecule has 4 heteroatoms. The van der Waals surface area contributed by atoms with Crippen LogP contribution in [0.25, 0.3) is 0 Å². The van der Waals surface area contributed by atoms with Gasteiger partial charge >= 0.3 is 0 Å². The van der Waals surface area contributed by atoms with E-state index in [2.05, 4.69) is 0 Å². The zero-order valence-corrected chi connectivity index (χ0v) is 15.5. The normalized spacial score (nSPS) is 20.4. The molecule has 2 aromatic rings. The predicted octanol–water partition coefficient (Wildman–Crippen LogP) is 3.12. The molecular weight excluding hydrogens is 326 g/mol. The number of benzene rings is 2. The molecule has 0 saturated carbocycles. The molecule has 0 bridgehead atoms. The van der Waals surface area contributed by atoms with Crippen molar-refractivity contribution in [2.24, 2.45) is 0 Å². The number of likely N-dealkylation sites (tertiary alicyclic amines) is 1. The highest BCUT2D eigenvalue weighted by Crippen LogP contribution is 2.32. The summed E-state index contributed by atoms with van der Waals surface area (Å²) in [5.74, 6) is -0.0501. The SMILES string of the molecule is CC(C)(O)CCc1ccc(C(=O)N2CC[C@@](O)(c3ccccc3)C2)cc1. The van der Waals surface area contributed by atoms with Crippen molar-refractivity contribution in [3.8, 4) is 0 Å². The van der Waals surface area contributed by atoms with Crippen LogP contribution in [0, 0.1) is 0 Å². The van der Waals surface area contributed by atoms with Gasteiger partial charge in [0.25, 0.3) is 5.91 Å². The highest BCUT2D eigenvalue weighted by atomic mass is 16.3. The third-order valence-electron chi connectivity index (χ3n) is 5.07. The van der Waals surface area contributed by atoms with E-state index in [1.165, 1.54) is 0 Å². The number of hydrogen-bond acceptors (Lipinski definition) is 3. The summed E-state index contributed by atoms with van der Waals surface area (Å²) in [5, 5.41) is 20.7. The fourth-order valence-electron chi connectivity index (χ4n) is 3.40. The molecule has 4 nitrogen and oxygen atoms in total. The van der Waals surface area contributed by atoms with Gasteiger partial charge in [0.05, 0.1) is 12.1 Å².